The number of nitrogens with zero attached hydrogens (tertiary/aromatic N) is 2. The van der Waals surface area contributed by atoms with Crippen LogP contribution in [0.5, 0.6) is 0 Å². The molecule has 1 aliphatic heterocycles. The lowest BCUT2D eigenvalue weighted by Gasteiger charge is -2.32. The molecule has 2 atom stereocenters. The van der Waals surface area contributed by atoms with Gasteiger partial charge in [0.1, 0.15) is 0 Å². The van der Waals surface area contributed by atoms with E-state index in [1.54, 1.807) is 11.1 Å². The van der Waals surface area contributed by atoms with Crippen molar-refractivity contribution in [2.45, 2.75) is 58.5 Å². The quantitative estimate of drug-likeness (QED) is 0.694. The van der Waals surface area contributed by atoms with Crippen molar-refractivity contribution >= 4 is 12.2 Å². The van der Waals surface area contributed by atoms with Gasteiger partial charge in [0.05, 0.1) is 6.17 Å². The minimum Gasteiger partial charge on any atom is -0.311 e. The van der Waals surface area contributed by atoms with Crippen LogP contribution in [0.25, 0.3) is 0 Å². The molecule has 0 aliphatic carbocycles. The molecule has 1 aliphatic rings. The molecule has 1 rings (SSSR count). The van der Waals surface area contributed by atoms with Gasteiger partial charge in [0.25, 0.3) is 0 Å². The standard InChI is InChI=1S/C13H25N3O/c1-3-4-5-6-7-8-9-16-12(14)11(2)10-15-13(16)17/h10-12H,3-9,14H2,1-2H3. The molecular weight excluding hydrogens is 214 g/mol. The second-order valence-electron chi connectivity index (χ2n) is 4.87. The number of nitrogens with two attached hydrogens (primary N) is 1. The smallest absolute Gasteiger partial charge is 0.311 e. The Morgan fingerprint density at radius 1 is 1.29 bits per heavy atom. The lowest BCUT2D eigenvalue weighted by atomic mass is 10.1. The normalized spacial score (nSPS) is 24.4. The number of hydrogen-bond acceptors (Lipinski definition) is 2. The summed E-state index contributed by atoms with van der Waals surface area (Å²) in [5.74, 6) is 0.160. The summed E-state index contributed by atoms with van der Waals surface area (Å²) >= 11 is 0. The molecule has 2 N–H and O–H groups in total. The molecule has 0 fully saturated rings. The molecule has 0 saturated heterocycles. The summed E-state index contributed by atoms with van der Waals surface area (Å²) in [7, 11) is 0. The van der Waals surface area contributed by atoms with E-state index in [9.17, 15) is 4.79 Å². The van der Waals surface area contributed by atoms with Gasteiger partial charge in [-0.2, -0.15) is 0 Å². The number of rotatable bonds is 7. The first-order valence-electron chi connectivity index (χ1n) is 6.77. The van der Waals surface area contributed by atoms with Gasteiger partial charge < -0.3 is 10.6 Å². The Kier molecular flexibility index (Phi) is 6.19. The number of hydrogen-bond donors (Lipinski definition) is 1. The number of amides is 2. The molecule has 4 nitrogen and oxygen atoms in total. The van der Waals surface area contributed by atoms with E-state index in [1.807, 2.05) is 6.92 Å². The third kappa shape index (κ3) is 4.46. The zero-order chi connectivity index (χ0) is 12.7. The maximum absolute atomic E-state index is 11.6. The van der Waals surface area contributed by atoms with E-state index in [-0.39, 0.29) is 18.1 Å². The average molecular weight is 239 g/mol. The number of urea groups is 1. The van der Waals surface area contributed by atoms with Gasteiger partial charge in [-0.05, 0) is 6.42 Å². The number of carbonyl (C=O) groups is 1. The highest BCUT2D eigenvalue weighted by Crippen LogP contribution is 2.14. The lowest BCUT2D eigenvalue weighted by Crippen LogP contribution is -2.52. The summed E-state index contributed by atoms with van der Waals surface area (Å²) in [6.07, 6.45) is 8.79. The summed E-state index contributed by atoms with van der Waals surface area (Å²) in [5, 5.41) is 0. The van der Waals surface area contributed by atoms with Gasteiger partial charge in [-0.25, -0.2) is 9.79 Å². The maximum Gasteiger partial charge on any atom is 0.344 e. The van der Waals surface area contributed by atoms with Crippen molar-refractivity contribution in [3.8, 4) is 0 Å². The minimum absolute atomic E-state index is 0.160. The highest BCUT2D eigenvalue weighted by molar-refractivity contribution is 5.87. The fourth-order valence-corrected chi connectivity index (χ4v) is 2.06. The van der Waals surface area contributed by atoms with Gasteiger partial charge in [0.15, 0.2) is 0 Å². The second kappa shape index (κ2) is 7.43. The Bertz CT molecular complexity index is 265. The Morgan fingerprint density at radius 2 is 1.94 bits per heavy atom. The number of aliphatic imine (C=N–C) groups is 1. The predicted octanol–water partition coefficient (Wildman–Crippen LogP) is 2.77. The molecule has 1 heterocycles. The number of carbonyl (C=O) groups excluding carboxylic acids is 1. The SMILES string of the molecule is CCCCCCCCN1C(=O)N=CC(C)C1N. The summed E-state index contributed by atoms with van der Waals surface area (Å²) in [4.78, 5) is 17.1. The molecule has 0 aromatic carbocycles. The van der Waals surface area contributed by atoms with Crippen LogP contribution < -0.4 is 5.73 Å². The van der Waals surface area contributed by atoms with Gasteiger partial charge in [-0.3, -0.25) is 0 Å². The minimum atomic E-state index is -0.198. The van der Waals surface area contributed by atoms with Crippen molar-refractivity contribution < 1.29 is 4.79 Å². The monoisotopic (exact) mass is 239 g/mol. The van der Waals surface area contributed by atoms with Crippen molar-refractivity contribution in [1.29, 1.82) is 0 Å². The summed E-state index contributed by atoms with van der Waals surface area (Å²) in [6.45, 7) is 4.95. The van der Waals surface area contributed by atoms with Crippen molar-refractivity contribution in [2.24, 2.45) is 16.6 Å². The molecule has 98 valence electrons. The second-order valence-corrected chi connectivity index (χ2v) is 4.87. The van der Waals surface area contributed by atoms with E-state index >= 15 is 0 Å². The topological polar surface area (TPSA) is 58.7 Å². The molecule has 2 amide bonds. The van der Waals surface area contributed by atoms with E-state index in [4.69, 9.17) is 5.73 Å². The van der Waals surface area contributed by atoms with Crippen LogP contribution in [0.15, 0.2) is 4.99 Å². The molecule has 0 spiro atoms. The van der Waals surface area contributed by atoms with Crippen LogP contribution in [0.4, 0.5) is 4.79 Å². The summed E-state index contributed by atoms with van der Waals surface area (Å²) < 4.78 is 0. The Morgan fingerprint density at radius 3 is 2.65 bits per heavy atom. The first-order chi connectivity index (χ1) is 8.16. The first-order valence-corrected chi connectivity index (χ1v) is 6.77. The molecule has 2 unspecified atom stereocenters. The van der Waals surface area contributed by atoms with Crippen molar-refractivity contribution in [3.05, 3.63) is 0 Å². The average Bonchev–Trinajstić information content (AvgIpc) is 2.32. The van der Waals surface area contributed by atoms with Gasteiger partial charge in [-0.15, -0.1) is 0 Å². The molecule has 0 aromatic heterocycles. The highest BCUT2D eigenvalue weighted by Gasteiger charge is 2.27. The van der Waals surface area contributed by atoms with Gasteiger partial charge >= 0.3 is 6.03 Å². The Hall–Kier alpha value is -0.900. The van der Waals surface area contributed by atoms with Crippen LogP contribution in [0.1, 0.15) is 52.4 Å². The third-order valence-electron chi connectivity index (χ3n) is 3.32. The van der Waals surface area contributed by atoms with Crippen LogP contribution in [0, 0.1) is 5.92 Å². The summed E-state index contributed by atoms with van der Waals surface area (Å²) in [5.41, 5.74) is 5.99. The fraction of sp³-hybridized carbons (Fsp3) is 0.846. The van der Waals surface area contributed by atoms with Crippen molar-refractivity contribution in [1.82, 2.24) is 4.90 Å². The molecule has 4 heteroatoms. The molecule has 0 saturated carbocycles. The van der Waals surface area contributed by atoms with E-state index in [0.29, 0.717) is 0 Å². The highest BCUT2D eigenvalue weighted by atomic mass is 16.2. The molecular formula is C13H25N3O. The Labute approximate surface area is 104 Å². The van der Waals surface area contributed by atoms with E-state index in [0.717, 1.165) is 13.0 Å². The third-order valence-corrected chi connectivity index (χ3v) is 3.32. The maximum atomic E-state index is 11.6. The fourth-order valence-electron chi connectivity index (χ4n) is 2.06. The number of unbranched alkanes of at least 4 members (excludes halogenated alkanes) is 5. The van der Waals surface area contributed by atoms with Gasteiger partial charge in [0.2, 0.25) is 0 Å². The van der Waals surface area contributed by atoms with E-state index in [2.05, 4.69) is 11.9 Å². The van der Waals surface area contributed by atoms with Gasteiger partial charge in [-0.1, -0.05) is 46.0 Å². The molecule has 17 heavy (non-hydrogen) atoms. The predicted molar refractivity (Wildman–Crippen MR) is 71.1 cm³/mol. The largest absolute Gasteiger partial charge is 0.344 e. The molecule has 0 radical (unpaired) electrons. The van der Waals surface area contributed by atoms with Crippen molar-refractivity contribution in [3.63, 3.8) is 0 Å². The first kappa shape index (κ1) is 14.2. The van der Waals surface area contributed by atoms with Crippen molar-refractivity contribution in [2.75, 3.05) is 6.54 Å². The summed E-state index contributed by atoms with van der Waals surface area (Å²) in [6, 6.07) is -0.177. The van der Waals surface area contributed by atoms with E-state index < -0.39 is 0 Å². The van der Waals surface area contributed by atoms with Gasteiger partial charge in [0, 0.05) is 18.7 Å². The van der Waals surface area contributed by atoms with Crippen LogP contribution in [-0.2, 0) is 0 Å². The van der Waals surface area contributed by atoms with E-state index in [1.165, 1.54) is 32.1 Å². The van der Waals surface area contributed by atoms with Crippen LogP contribution >= 0.6 is 0 Å². The zero-order valence-corrected chi connectivity index (χ0v) is 11.1. The molecule has 0 bridgehead atoms. The Balaban J connectivity index is 2.21. The molecule has 0 aromatic rings. The van der Waals surface area contributed by atoms with Crippen LogP contribution in [0.2, 0.25) is 0 Å². The van der Waals surface area contributed by atoms with Crippen LogP contribution in [-0.4, -0.2) is 29.9 Å². The lowest BCUT2D eigenvalue weighted by molar-refractivity contribution is 0.168. The zero-order valence-electron chi connectivity index (χ0n) is 11.1. The van der Waals surface area contributed by atoms with Crippen LogP contribution in [0.3, 0.4) is 0 Å².